The third kappa shape index (κ3) is 66.4. The first-order valence-corrected chi connectivity index (χ1v) is 36.0. The molecule has 1 atom stereocenters. The quantitative estimate of drug-likeness (QED) is 0.0261. The van der Waals surface area contributed by atoms with Gasteiger partial charge in [-0.05, 0) is 77.0 Å². The van der Waals surface area contributed by atoms with E-state index in [1.807, 2.05) is 0 Å². The van der Waals surface area contributed by atoms with Gasteiger partial charge in [0, 0.05) is 19.3 Å². The van der Waals surface area contributed by atoms with E-state index in [9.17, 15) is 14.4 Å². The van der Waals surface area contributed by atoms with Crippen LogP contribution in [0.4, 0.5) is 0 Å². The summed E-state index contributed by atoms with van der Waals surface area (Å²) in [5.41, 5.74) is 0. The van der Waals surface area contributed by atoms with Crippen molar-refractivity contribution < 1.29 is 28.6 Å². The minimum absolute atomic E-state index is 0.0700. The molecule has 0 spiro atoms. The highest BCUT2D eigenvalue weighted by molar-refractivity contribution is 5.71. The lowest BCUT2D eigenvalue weighted by Crippen LogP contribution is -2.30. The van der Waals surface area contributed by atoms with Gasteiger partial charge in [-0.15, -0.1) is 0 Å². The molecule has 0 aromatic carbocycles. The van der Waals surface area contributed by atoms with Crippen molar-refractivity contribution in [3.05, 3.63) is 36.5 Å². The van der Waals surface area contributed by atoms with Gasteiger partial charge in [-0.25, -0.2) is 0 Å². The molecule has 0 bridgehead atoms. The summed E-state index contributed by atoms with van der Waals surface area (Å²) in [6, 6.07) is 0. The molecule has 6 heteroatoms. The van der Waals surface area contributed by atoms with Crippen LogP contribution >= 0.6 is 0 Å². The summed E-state index contributed by atoms with van der Waals surface area (Å²) >= 11 is 0. The summed E-state index contributed by atoms with van der Waals surface area (Å²) in [5, 5.41) is 0. The molecule has 0 aromatic rings. The summed E-state index contributed by atoms with van der Waals surface area (Å²) in [6.07, 6.45) is 86.0. The van der Waals surface area contributed by atoms with Crippen LogP contribution in [-0.4, -0.2) is 37.2 Å². The van der Waals surface area contributed by atoms with Gasteiger partial charge >= 0.3 is 17.9 Å². The largest absolute Gasteiger partial charge is 0.462 e. The van der Waals surface area contributed by atoms with Crippen molar-refractivity contribution in [3.8, 4) is 0 Å². The summed E-state index contributed by atoms with van der Waals surface area (Å²) in [6.45, 7) is 6.70. The van der Waals surface area contributed by atoms with Crippen molar-refractivity contribution in [2.75, 3.05) is 13.2 Å². The molecule has 0 N–H and O–H groups in total. The highest BCUT2D eigenvalue weighted by Crippen LogP contribution is 2.18. The highest BCUT2D eigenvalue weighted by atomic mass is 16.6. The Kier molecular flexibility index (Phi) is 67.1. The number of hydrogen-bond acceptors (Lipinski definition) is 6. The van der Waals surface area contributed by atoms with Crippen LogP contribution in [0, 0.1) is 0 Å². The summed E-state index contributed by atoms with van der Waals surface area (Å²) in [5.74, 6) is -0.848. The molecule has 0 fully saturated rings. The van der Waals surface area contributed by atoms with Gasteiger partial charge in [0.1, 0.15) is 13.2 Å². The Morgan fingerprint density at radius 1 is 0.250 bits per heavy atom. The fraction of sp³-hybridized carbons (Fsp3) is 0.878. The Morgan fingerprint density at radius 3 is 0.700 bits per heavy atom. The molecule has 0 rings (SSSR count). The molecule has 0 amide bonds. The molecule has 0 saturated carbocycles. The number of rotatable bonds is 67. The molecule has 0 saturated heterocycles. The Balaban J connectivity index is 4.28. The second-order valence-corrected chi connectivity index (χ2v) is 24.5. The number of esters is 3. The van der Waals surface area contributed by atoms with Gasteiger partial charge in [-0.2, -0.15) is 0 Å². The molecular formula is C74H138O6. The van der Waals surface area contributed by atoms with Gasteiger partial charge in [-0.1, -0.05) is 340 Å². The third-order valence-electron chi connectivity index (χ3n) is 16.4. The lowest BCUT2D eigenvalue weighted by Gasteiger charge is -2.18. The first-order valence-electron chi connectivity index (χ1n) is 36.0. The molecule has 470 valence electrons. The van der Waals surface area contributed by atoms with Crippen LogP contribution in [0.25, 0.3) is 0 Å². The van der Waals surface area contributed by atoms with Crippen molar-refractivity contribution in [2.24, 2.45) is 0 Å². The zero-order valence-corrected chi connectivity index (χ0v) is 54.1. The molecule has 0 aliphatic rings. The SMILES string of the molecule is CCCCCCC/C=C\C/C=C\CCCCCCCCCCCCCCCC(=O)OCC(COC(=O)CCCCCCC/C=C\CCCCCCCCC)OC(=O)CCCCCCCCCCCCCCCCCCCCCCC. The smallest absolute Gasteiger partial charge is 0.306 e. The number of hydrogen-bond donors (Lipinski definition) is 0. The van der Waals surface area contributed by atoms with Gasteiger partial charge in [0.05, 0.1) is 0 Å². The van der Waals surface area contributed by atoms with E-state index >= 15 is 0 Å². The van der Waals surface area contributed by atoms with Crippen molar-refractivity contribution in [2.45, 2.75) is 406 Å². The molecule has 0 heterocycles. The number of ether oxygens (including phenoxy) is 3. The molecular weight excluding hydrogens is 985 g/mol. The van der Waals surface area contributed by atoms with Crippen LogP contribution in [0.2, 0.25) is 0 Å². The average molecular weight is 1120 g/mol. The number of allylic oxidation sites excluding steroid dienone is 6. The zero-order chi connectivity index (χ0) is 57.8. The summed E-state index contributed by atoms with van der Waals surface area (Å²) < 4.78 is 17.0. The Labute approximate surface area is 499 Å². The van der Waals surface area contributed by atoms with E-state index in [-0.39, 0.29) is 31.1 Å². The van der Waals surface area contributed by atoms with Crippen LogP contribution in [0.1, 0.15) is 400 Å². The Bertz CT molecular complexity index is 1340. The van der Waals surface area contributed by atoms with Crippen LogP contribution in [0.5, 0.6) is 0 Å². The Hall–Kier alpha value is -2.37. The fourth-order valence-electron chi connectivity index (χ4n) is 10.9. The first kappa shape index (κ1) is 77.6. The molecule has 0 aliphatic heterocycles. The van der Waals surface area contributed by atoms with Crippen molar-refractivity contribution in [3.63, 3.8) is 0 Å². The van der Waals surface area contributed by atoms with Gasteiger partial charge in [0.2, 0.25) is 0 Å². The zero-order valence-electron chi connectivity index (χ0n) is 54.1. The molecule has 80 heavy (non-hydrogen) atoms. The number of carbonyl (C=O) groups is 3. The van der Waals surface area contributed by atoms with Crippen LogP contribution in [0.15, 0.2) is 36.5 Å². The van der Waals surface area contributed by atoms with E-state index in [2.05, 4.69) is 57.2 Å². The Morgan fingerprint density at radius 2 is 0.450 bits per heavy atom. The van der Waals surface area contributed by atoms with Gasteiger partial charge in [0.25, 0.3) is 0 Å². The van der Waals surface area contributed by atoms with Gasteiger partial charge in [-0.3, -0.25) is 14.4 Å². The normalized spacial score (nSPS) is 12.2. The molecule has 0 aromatic heterocycles. The van der Waals surface area contributed by atoms with Crippen LogP contribution in [-0.2, 0) is 28.6 Å². The van der Waals surface area contributed by atoms with Crippen molar-refractivity contribution in [1.82, 2.24) is 0 Å². The van der Waals surface area contributed by atoms with Gasteiger partial charge in [0.15, 0.2) is 6.10 Å². The van der Waals surface area contributed by atoms with Crippen molar-refractivity contribution >= 4 is 17.9 Å². The maximum Gasteiger partial charge on any atom is 0.306 e. The highest BCUT2D eigenvalue weighted by Gasteiger charge is 2.19. The molecule has 6 nitrogen and oxygen atoms in total. The van der Waals surface area contributed by atoms with E-state index in [1.54, 1.807) is 0 Å². The third-order valence-corrected chi connectivity index (χ3v) is 16.4. The average Bonchev–Trinajstić information content (AvgIpc) is 3.46. The minimum atomic E-state index is -0.774. The minimum Gasteiger partial charge on any atom is -0.462 e. The maximum absolute atomic E-state index is 13.0. The van der Waals surface area contributed by atoms with E-state index in [0.717, 1.165) is 70.6 Å². The number of carbonyl (C=O) groups excluding carboxylic acids is 3. The summed E-state index contributed by atoms with van der Waals surface area (Å²) in [7, 11) is 0. The topological polar surface area (TPSA) is 78.9 Å². The van der Waals surface area contributed by atoms with Crippen molar-refractivity contribution in [1.29, 1.82) is 0 Å². The van der Waals surface area contributed by atoms with Crippen LogP contribution in [0.3, 0.4) is 0 Å². The fourth-order valence-corrected chi connectivity index (χ4v) is 10.9. The van der Waals surface area contributed by atoms with E-state index in [4.69, 9.17) is 14.2 Å². The van der Waals surface area contributed by atoms with E-state index in [1.165, 1.54) is 289 Å². The molecule has 1 unspecified atom stereocenters. The lowest BCUT2D eigenvalue weighted by molar-refractivity contribution is -0.167. The predicted octanol–water partition coefficient (Wildman–Crippen LogP) is 24.7. The predicted molar refractivity (Wildman–Crippen MR) is 349 cm³/mol. The maximum atomic E-state index is 13.0. The van der Waals surface area contributed by atoms with Gasteiger partial charge < -0.3 is 14.2 Å². The number of unbranched alkanes of at least 4 members (excludes halogenated alkanes) is 50. The first-order chi connectivity index (χ1) is 39.5. The van der Waals surface area contributed by atoms with Crippen LogP contribution < -0.4 is 0 Å². The molecule has 0 aliphatic carbocycles. The second kappa shape index (κ2) is 69.1. The second-order valence-electron chi connectivity index (χ2n) is 24.5. The molecule has 0 radical (unpaired) electrons. The summed E-state index contributed by atoms with van der Waals surface area (Å²) in [4.78, 5) is 38.5. The van der Waals surface area contributed by atoms with E-state index in [0.29, 0.717) is 19.3 Å². The lowest BCUT2D eigenvalue weighted by atomic mass is 10.0. The van der Waals surface area contributed by atoms with E-state index < -0.39 is 6.10 Å². The monoisotopic (exact) mass is 1120 g/mol. The standard InChI is InChI=1S/C74H138O6/c1-4-7-10-13-16-19-22-25-28-31-33-35-36-37-38-40-41-43-46-49-52-55-58-61-64-67-73(76)79-70-71(69-78-72(75)66-63-60-57-54-51-48-45-30-27-24-21-18-15-12-9-6-3)80-74(77)68-65-62-59-56-53-50-47-44-42-39-34-32-29-26-23-20-17-14-11-8-5-2/h22,25,30-31,33,45,71H,4-21,23-24,26-29,32,34-44,46-70H2,1-3H3/b25-22-,33-31-,45-30-.